The maximum atomic E-state index is 11.8. The van der Waals surface area contributed by atoms with Crippen molar-refractivity contribution in [2.75, 3.05) is 49.3 Å². The summed E-state index contributed by atoms with van der Waals surface area (Å²) in [6.07, 6.45) is 1.23. The molecule has 1 aliphatic rings. The average Bonchev–Trinajstić information content (AvgIpc) is 3.36. The Balaban J connectivity index is 1.33. The lowest BCUT2D eigenvalue weighted by Crippen LogP contribution is -2.46. The quantitative estimate of drug-likeness (QED) is 0.460. The Labute approximate surface area is 182 Å². The Morgan fingerprint density at radius 2 is 1.50 bits per heavy atom. The number of fused-ring (bicyclic) bond motifs is 2. The van der Waals surface area contributed by atoms with Crippen molar-refractivity contribution in [3.8, 4) is 5.75 Å². The highest BCUT2D eigenvalue weighted by atomic mass is 32.2. The van der Waals surface area contributed by atoms with Gasteiger partial charge in [0, 0.05) is 38.5 Å². The highest BCUT2D eigenvalue weighted by Gasteiger charge is 2.22. The first-order valence-corrected chi connectivity index (χ1v) is 13.0. The first-order valence-electron chi connectivity index (χ1n) is 9.46. The van der Waals surface area contributed by atoms with Gasteiger partial charge in [0.25, 0.3) is 0 Å². The largest absolute Gasteiger partial charge is 0.497 e. The average molecular weight is 461 g/mol. The smallest absolute Gasteiger partial charge is 0.186 e. The van der Waals surface area contributed by atoms with Gasteiger partial charge in [-0.05, 0) is 30.3 Å². The lowest BCUT2D eigenvalue weighted by molar-refractivity contribution is 0.415. The Morgan fingerprint density at radius 1 is 0.867 bits per heavy atom. The zero-order valence-corrected chi connectivity index (χ0v) is 19.0. The van der Waals surface area contributed by atoms with Gasteiger partial charge in [0.2, 0.25) is 0 Å². The van der Waals surface area contributed by atoms with E-state index >= 15 is 0 Å². The number of methoxy groups -OCH3 is 1. The van der Waals surface area contributed by atoms with Crippen LogP contribution >= 0.6 is 22.7 Å². The van der Waals surface area contributed by atoms with Crippen molar-refractivity contribution in [1.29, 1.82) is 0 Å². The standard InChI is InChI=1S/C20H20N4O3S3/c1-27-13-3-6-17-16(11-13)22-20(28-17)24-9-7-23(8-10-24)19-21-15-5-4-14(30(2,25)26)12-18(15)29-19/h3-6,11-12H,7-10H2,1-2H3. The molecule has 0 radical (unpaired) electrons. The Bertz CT molecular complexity index is 1340. The van der Waals surface area contributed by atoms with Crippen LogP contribution in [0.2, 0.25) is 0 Å². The van der Waals surface area contributed by atoms with Crippen molar-refractivity contribution in [2.45, 2.75) is 4.90 Å². The molecule has 30 heavy (non-hydrogen) atoms. The highest BCUT2D eigenvalue weighted by molar-refractivity contribution is 7.90. The lowest BCUT2D eigenvalue weighted by Gasteiger charge is -2.34. The van der Waals surface area contributed by atoms with E-state index in [1.54, 1.807) is 48.0 Å². The van der Waals surface area contributed by atoms with E-state index in [1.807, 2.05) is 12.1 Å². The molecule has 2 aromatic carbocycles. The molecule has 2 aromatic heterocycles. The van der Waals surface area contributed by atoms with Gasteiger partial charge in [0.05, 0.1) is 32.4 Å². The minimum atomic E-state index is -3.22. The normalized spacial score (nSPS) is 15.3. The lowest BCUT2D eigenvalue weighted by atomic mass is 10.3. The summed E-state index contributed by atoms with van der Waals surface area (Å²) in [5.74, 6) is 0.819. The predicted octanol–water partition coefficient (Wildman–Crippen LogP) is 3.64. The van der Waals surface area contributed by atoms with Crippen LogP contribution in [0, 0.1) is 0 Å². The molecule has 5 rings (SSSR count). The number of hydrogen-bond donors (Lipinski definition) is 0. The van der Waals surface area contributed by atoms with Crippen molar-refractivity contribution in [3.05, 3.63) is 36.4 Å². The molecule has 0 aliphatic carbocycles. The Kier molecular flexibility index (Phi) is 4.79. The fourth-order valence-electron chi connectivity index (χ4n) is 3.51. The number of thiazole rings is 2. The van der Waals surface area contributed by atoms with Gasteiger partial charge in [-0.2, -0.15) is 0 Å². The van der Waals surface area contributed by atoms with E-state index < -0.39 is 9.84 Å². The molecule has 0 spiro atoms. The van der Waals surface area contributed by atoms with Gasteiger partial charge in [0.15, 0.2) is 20.1 Å². The topological polar surface area (TPSA) is 75.6 Å². The van der Waals surface area contributed by atoms with Gasteiger partial charge in [0.1, 0.15) is 5.75 Å². The zero-order chi connectivity index (χ0) is 20.9. The third-order valence-electron chi connectivity index (χ3n) is 5.18. The molecule has 3 heterocycles. The van der Waals surface area contributed by atoms with Crippen molar-refractivity contribution in [2.24, 2.45) is 0 Å². The second-order valence-electron chi connectivity index (χ2n) is 7.20. The molecule has 10 heteroatoms. The minimum absolute atomic E-state index is 0.336. The molecule has 7 nitrogen and oxygen atoms in total. The van der Waals surface area contributed by atoms with E-state index in [4.69, 9.17) is 14.7 Å². The van der Waals surface area contributed by atoms with Crippen LogP contribution in [0.3, 0.4) is 0 Å². The van der Waals surface area contributed by atoms with Gasteiger partial charge >= 0.3 is 0 Å². The SMILES string of the molecule is COc1ccc2sc(N3CCN(c4nc5ccc(S(C)(=O)=O)cc5s4)CC3)nc2c1. The van der Waals surface area contributed by atoms with Crippen LogP contribution in [-0.4, -0.2) is 57.9 Å². The van der Waals surface area contributed by atoms with E-state index in [2.05, 4.69) is 15.9 Å². The minimum Gasteiger partial charge on any atom is -0.497 e. The predicted molar refractivity (Wildman–Crippen MR) is 123 cm³/mol. The number of piperazine rings is 1. The first kappa shape index (κ1) is 19.5. The third-order valence-corrected chi connectivity index (χ3v) is 8.47. The number of rotatable bonds is 4. The molecule has 0 amide bonds. The molecule has 1 fully saturated rings. The van der Waals surface area contributed by atoms with Crippen molar-refractivity contribution < 1.29 is 13.2 Å². The molecule has 0 saturated carbocycles. The fraction of sp³-hybridized carbons (Fsp3) is 0.300. The summed E-state index contributed by atoms with van der Waals surface area (Å²) in [7, 11) is -1.55. The van der Waals surface area contributed by atoms with Crippen LogP contribution in [0.4, 0.5) is 10.3 Å². The molecule has 0 unspecified atom stereocenters. The maximum Gasteiger partial charge on any atom is 0.186 e. The molecular formula is C20H20N4O3S3. The summed E-state index contributed by atoms with van der Waals surface area (Å²) in [6, 6.07) is 11.1. The van der Waals surface area contributed by atoms with E-state index in [1.165, 1.54) is 6.26 Å². The molecule has 0 N–H and O–H groups in total. The third kappa shape index (κ3) is 3.59. The molecule has 4 aromatic rings. The summed E-state index contributed by atoms with van der Waals surface area (Å²) in [6.45, 7) is 3.42. The van der Waals surface area contributed by atoms with Gasteiger partial charge in [-0.3, -0.25) is 0 Å². The van der Waals surface area contributed by atoms with Crippen LogP contribution in [0.1, 0.15) is 0 Å². The Hall–Kier alpha value is -2.43. The monoisotopic (exact) mass is 460 g/mol. The molecule has 0 bridgehead atoms. The van der Waals surface area contributed by atoms with E-state index in [0.717, 1.165) is 62.6 Å². The second kappa shape index (κ2) is 7.36. The molecule has 156 valence electrons. The van der Waals surface area contributed by atoms with Crippen molar-refractivity contribution in [3.63, 3.8) is 0 Å². The van der Waals surface area contributed by atoms with Crippen LogP contribution in [-0.2, 0) is 9.84 Å². The van der Waals surface area contributed by atoms with Crippen LogP contribution in [0.25, 0.3) is 20.4 Å². The number of aromatic nitrogens is 2. The van der Waals surface area contributed by atoms with Crippen LogP contribution in [0.15, 0.2) is 41.3 Å². The number of benzene rings is 2. The summed E-state index contributed by atoms with van der Waals surface area (Å²) < 4.78 is 31.0. The zero-order valence-electron chi connectivity index (χ0n) is 16.5. The van der Waals surface area contributed by atoms with Gasteiger partial charge < -0.3 is 14.5 Å². The molecule has 1 aliphatic heterocycles. The first-order chi connectivity index (χ1) is 14.4. The number of hydrogen-bond acceptors (Lipinski definition) is 9. The summed E-state index contributed by atoms with van der Waals surface area (Å²) in [4.78, 5) is 14.4. The molecular weight excluding hydrogens is 440 g/mol. The van der Waals surface area contributed by atoms with Gasteiger partial charge in [-0.15, -0.1) is 0 Å². The summed E-state index contributed by atoms with van der Waals surface area (Å²) in [5, 5.41) is 1.96. The Morgan fingerprint density at radius 3 is 2.13 bits per heavy atom. The van der Waals surface area contributed by atoms with Crippen LogP contribution in [0.5, 0.6) is 5.75 Å². The number of anilines is 2. The van der Waals surface area contributed by atoms with E-state index in [9.17, 15) is 8.42 Å². The number of ether oxygens (including phenoxy) is 1. The highest BCUT2D eigenvalue weighted by Crippen LogP contribution is 2.34. The van der Waals surface area contributed by atoms with Crippen molar-refractivity contribution >= 4 is 63.2 Å². The maximum absolute atomic E-state index is 11.8. The summed E-state index contributed by atoms with van der Waals surface area (Å²) in [5.41, 5.74) is 1.80. The van der Waals surface area contributed by atoms with Gasteiger partial charge in [-0.25, -0.2) is 18.4 Å². The second-order valence-corrected chi connectivity index (χ2v) is 11.2. The molecule has 1 saturated heterocycles. The van der Waals surface area contributed by atoms with Crippen LogP contribution < -0.4 is 14.5 Å². The number of sulfone groups is 1. The van der Waals surface area contributed by atoms with E-state index in [-0.39, 0.29) is 0 Å². The molecule has 0 atom stereocenters. The van der Waals surface area contributed by atoms with E-state index in [0.29, 0.717) is 4.90 Å². The van der Waals surface area contributed by atoms with Gasteiger partial charge in [-0.1, -0.05) is 22.7 Å². The summed E-state index contributed by atoms with van der Waals surface area (Å²) >= 11 is 3.24. The van der Waals surface area contributed by atoms with Crippen molar-refractivity contribution in [1.82, 2.24) is 9.97 Å². The number of nitrogens with zero attached hydrogens (tertiary/aromatic N) is 4. The fourth-order valence-corrected chi connectivity index (χ4v) is 6.28.